The van der Waals surface area contributed by atoms with Crippen molar-refractivity contribution in [2.75, 3.05) is 6.54 Å². The summed E-state index contributed by atoms with van der Waals surface area (Å²) in [6, 6.07) is 15.8. The minimum atomic E-state index is -0.458. The van der Waals surface area contributed by atoms with Gasteiger partial charge in [0.05, 0.1) is 6.42 Å². The molecule has 2 amide bonds. The number of hydrogen-bond donors (Lipinski definition) is 1. The third-order valence-corrected chi connectivity index (χ3v) is 5.23. The van der Waals surface area contributed by atoms with E-state index < -0.39 is 6.04 Å². The van der Waals surface area contributed by atoms with Crippen LogP contribution < -0.4 is 5.32 Å². The highest BCUT2D eigenvalue weighted by Gasteiger charge is 2.28. The fraction of sp³-hybridized carbons (Fsp3) is 0.440. The van der Waals surface area contributed by atoms with Crippen LogP contribution in [0.15, 0.2) is 48.5 Å². The summed E-state index contributed by atoms with van der Waals surface area (Å²) in [5.74, 6) is -0.0843. The molecule has 0 aliphatic heterocycles. The zero-order valence-corrected chi connectivity index (χ0v) is 18.4. The summed E-state index contributed by atoms with van der Waals surface area (Å²) < 4.78 is 0. The molecule has 0 aromatic heterocycles. The van der Waals surface area contributed by atoms with Gasteiger partial charge < -0.3 is 10.2 Å². The second kappa shape index (κ2) is 10.8. The Morgan fingerprint density at radius 2 is 1.66 bits per heavy atom. The van der Waals surface area contributed by atoms with E-state index in [-0.39, 0.29) is 17.9 Å². The lowest BCUT2D eigenvalue weighted by molar-refractivity contribution is -0.140. The lowest BCUT2D eigenvalue weighted by atomic mass is 10.0. The van der Waals surface area contributed by atoms with E-state index in [1.54, 1.807) is 4.90 Å². The number of rotatable bonds is 9. The summed E-state index contributed by atoms with van der Waals surface area (Å²) in [6.45, 7) is 10.5. The molecule has 2 aromatic carbocycles. The fourth-order valence-corrected chi connectivity index (χ4v) is 3.47. The fourth-order valence-electron chi connectivity index (χ4n) is 3.47. The van der Waals surface area contributed by atoms with E-state index in [1.165, 1.54) is 11.1 Å². The smallest absolute Gasteiger partial charge is 0.242 e. The minimum absolute atomic E-state index is 0.00468. The molecular weight excluding hydrogens is 360 g/mol. The van der Waals surface area contributed by atoms with Gasteiger partial charge in [-0.15, -0.1) is 0 Å². The second-order valence-electron chi connectivity index (χ2n) is 8.01. The Hall–Kier alpha value is -2.62. The van der Waals surface area contributed by atoms with Crippen LogP contribution in [0.25, 0.3) is 0 Å². The molecule has 0 radical (unpaired) electrons. The van der Waals surface area contributed by atoms with Crippen molar-refractivity contribution in [3.63, 3.8) is 0 Å². The van der Waals surface area contributed by atoms with Crippen LogP contribution in [-0.4, -0.2) is 35.3 Å². The maximum absolute atomic E-state index is 13.3. The third kappa shape index (κ3) is 6.74. The molecule has 1 N–H and O–H groups in total. The van der Waals surface area contributed by atoms with E-state index in [0.717, 1.165) is 17.5 Å². The summed E-state index contributed by atoms with van der Waals surface area (Å²) in [5, 5.41) is 2.97. The minimum Gasteiger partial charge on any atom is -0.352 e. The predicted molar refractivity (Wildman–Crippen MR) is 119 cm³/mol. The van der Waals surface area contributed by atoms with Crippen LogP contribution in [0.3, 0.4) is 0 Å². The van der Waals surface area contributed by atoms with Crippen LogP contribution in [0.4, 0.5) is 0 Å². The Kier molecular flexibility index (Phi) is 8.44. The molecule has 0 saturated heterocycles. The van der Waals surface area contributed by atoms with Gasteiger partial charge in [-0.1, -0.05) is 55.5 Å². The van der Waals surface area contributed by atoms with Crippen LogP contribution in [0.1, 0.15) is 49.4 Å². The highest BCUT2D eigenvalue weighted by molar-refractivity contribution is 5.88. The number of nitrogens with zero attached hydrogens (tertiary/aromatic N) is 1. The molecule has 0 spiro atoms. The molecule has 156 valence electrons. The van der Waals surface area contributed by atoms with Gasteiger partial charge in [0.2, 0.25) is 11.8 Å². The normalized spacial score (nSPS) is 11.9. The van der Waals surface area contributed by atoms with Crippen molar-refractivity contribution in [1.29, 1.82) is 0 Å². The number of amides is 2. The van der Waals surface area contributed by atoms with Gasteiger partial charge in [0.15, 0.2) is 0 Å². The van der Waals surface area contributed by atoms with Crippen LogP contribution in [0.5, 0.6) is 0 Å². The number of benzene rings is 2. The Morgan fingerprint density at radius 3 is 2.24 bits per heavy atom. The van der Waals surface area contributed by atoms with Crippen molar-refractivity contribution in [1.82, 2.24) is 10.2 Å². The molecule has 0 fully saturated rings. The number of aryl methyl sites for hydroxylation is 2. The highest BCUT2D eigenvalue weighted by Crippen LogP contribution is 2.15. The van der Waals surface area contributed by atoms with Crippen molar-refractivity contribution in [3.05, 3.63) is 70.8 Å². The maximum atomic E-state index is 13.3. The van der Waals surface area contributed by atoms with Gasteiger partial charge in [-0.05, 0) is 62.8 Å². The molecule has 0 aliphatic carbocycles. The average Bonchev–Trinajstić information content (AvgIpc) is 2.68. The lowest BCUT2D eigenvalue weighted by Crippen LogP contribution is -2.51. The molecule has 2 aromatic rings. The van der Waals surface area contributed by atoms with Crippen molar-refractivity contribution in [3.8, 4) is 0 Å². The van der Waals surface area contributed by atoms with E-state index in [2.05, 4.69) is 43.4 Å². The van der Waals surface area contributed by atoms with Gasteiger partial charge in [-0.25, -0.2) is 0 Å². The first-order chi connectivity index (χ1) is 13.8. The Morgan fingerprint density at radius 1 is 0.966 bits per heavy atom. The molecule has 1 unspecified atom stereocenters. The summed E-state index contributed by atoms with van der Waals surface area (Å²) in [4.78, 5) is 27.8. The van der Waals surface area contributed by atoms with Gasteiger partial charge in [0.1, 0.15) is 6.04 Å². The summed E-state index contributed by atoms with van der Waals surface area (Å²) in [6.07, 6.45) is 1.62. The summed E-state index contributed by atoms with van der Waals surface area (Å²) in [7, 11) is 0. The number of carbonyl (C=O) groups excluding carboxylic acids is 2. The number of hydrogen-bond acceptors (Lipinski definition) is 2. The lowest BCUT2D eigenvalue weighted by Gasteiger charge is -2.31. The molecule has 29 heavy (non-hydrogen) atoms. The van der Waals surface area contributed by atoms with Crippen molar-refractivity contribution >= 4 is 11.8 Å². The van der Waals surface area contributed by atoms with Crippen molar-refractivity contribution in [2.24, 2.45) is 0 Å². The topological polar surface area (TPSA) is 49.4 Å². The third-order valence-electron chi connectivity index (χ3n) is 5.23. The van der Waals surface area contributed by atoms with Gasteiger partial charge in [-0.3, -0.25) is 9.59 Å². The Bertz CT molecular complexity index is 815. The molecule has 0 aliphatic rings. The molecule has 0 bridgehead atoms. The number of carbonyl (C=O) groups is 2. The summed E-state index contributed by atoms with van der Waals surface area (Å²) >= 11 is 0. The van der Waals surface area contributed by atoms with Gasteiger partial charge in [0.25, 0.3) is 0 Å². The van der Waals surface area contributed by atoms with Gasteiger partial charge in [-0.2, -0.15) is 0 Å². The van der Waals surface area contributed by atoms with Gasteiger partial charge >= 0.3 is 0 Å². The van der Waals surface area contributed by atoms with E-state index in [4.69, 9.17) is 0 Å². The van der Waals surface area contributed by atoms with Crippen LogP contribution >= 0.6 is 0 Å². The molecule has 4 heteroatoms. The van der Waals surface area contributed by atoms with E-state index in [9.17, 15) is 9.59 Å². The maximum Gasteiger partial charge on any atom is 0.242 e. The molecule has 4 nitrogen and oxygen atoms in total. The zero-order valence-electron chi connectivity index (χ0n) is 18.4. The molecule has 2 rings (SSSR count). The monoisotopic (exact) mass is 394 g/mol. The van der Waals surface area contributed by atoms with Gasteiger partial charge in [0, 0.05) is 12.6 Å². The molecular formula is C25H34N2O2. The van der Waals surface area contributed by atoms with Crippen LogP contribution in [0, 0.1) is 13.8 Å². The van der Waals surface area contributed by atoms with Crippen LogP contribution in [0.2, 0.25) is 0 Å². The van der Waals surface area contributed by atoms with Crippen molar-refractivity contribution < 1.29 is 9.59 Å². The predicted octanol–water partition coefficient (Wildman–Crippen LogP) is 4.22. The van der Waals surface area contributed by atoms with E-state index >= 15 is 0 Å². The number of nitrogens with one attached hydrogen (secondary N) is 1. The quantitative estimate of drug-likeness (QED) is 0.692. The van der Waals surface area contributed by atoms with Crippen molar-refractivity contribution in [2.45, 2.75) is 66.0 Å². The standard InChI is InChI=1S/C25H34N2O2/c1-6-23(25(29)26-18(2)3)27(15-14-21-10-8-7-9-11-21)24(28)17-22-13-12-19(4)20(5)16-22/h7-13,16,18,23H,6,14-15,17H2,1-5H3,(H,26,29). The summed E-state index contributed by atoms with van der Waals surface area (Å²) in [5.41, 5.74) is 4.54. The first-order valence-electron chi connectivity index (χ1n) is 10.5. The second-order valence-corrected chi connectivity index (χ2v) is 8.01. The van der Waals surface area contributed by atoms with E-state index in [0.29, 0.717) is 19.4 Å². The van der Waals surface area contributed by atoms with Crippen LogP contribution in [-0.2, 0) is 22.4 Å². The molecule has 0 heterocycles. The molecule has 0 saturated carbocycles. The largest absolute Gasteiger partial charge is 0.352 e. The zero-order chi connectivity index (χ0) is 21.4. The highest BCUT2D eigenvalue weighted by atomic mass is 16.2. The Labute approximate surface area is 175 Å². The Balaban J connectivity index is 2.22. The SMILES string of the molecule is CCC(C(=O)NC(C)C)N(CCc1ccccc1)C(=O)Cc1ccc(C)c(C)c1. The molecule has 1 atom stereocenters. The first-order valence-corrected chi connectivity index (χ1v) is 10.5. The average molecular weight is 395 g/mol. The first kappa shape index (κ1) is 22.7. The van der Waals surface area contributed by atoms with E-state index in [1.807, 2.05) is 45.0 Å².